The minimum absolute atomic E-state index is 0.277. The predicted octanol–water partition coefficient (Wildman–Crippen LogP) is 4.10. The number of hydrogen-bond donors (Lipinski definition) is 0. The van der Waals surface area contributed by atoms with Gasteiger partial charge < -0.3 is 14.0 Å². The molecule has 0 radical (unpaired) electrons. The SMILES string of the molecule is C=CCOc1ccc2c(c1)c(C(=O)OCC)c(C)n2CCC. The molecule has 0 unspecified atom stereocenters. The highest BCUT2D eigenvalue weighted by Gasteiger charge is 2.21. The van der Waals surface area contributed by atoms with Crippen LogP contribution in [0.4, 0.5) is 0 Å². The summed E-state index contributed by atoms with van der Waals surface area (Å²) in [6.07, 6.45) is 2.70. The van der Waals surface area contributed by atoms with Gasteiger partial charge in [-0.05, 0) is 38.5 Å². The monoisotopic (exact) mass is 301 g/mol. The fourth-order valence-corrected chi connectivity index (χ4v) is 2.68. The van der Waals surface area contributed by atoms with Crippen LogP contribution in [-0.2, 0) is 11.3 Å². The van der Waals surface area contributed by atoms with Crippen molar-refractivity contribution in [3.8, 4) is 5.75 Å². The minimum atomic E-state index is -0.277. The van der Waals surface area contributed by atoms with E-state index in [0.717, 1.165) is 35.3 Å². The fraction of sp³-hybridized carbons (Fsp3) is 0.389. The van der Waals surface area contributed by atoms with Gasteiger partial charge in [0, 0.05) is 23.1 Å². The molecule has 118 valence electrons. The predicted molar refractivity (Wildman–Crippen MR) is 88.6 cm³/mol. The van der Waals surface area contributed by atoms with Gasteiger partial charge in [-0.3, -0.25) is 0 Å². The second-order valence-electron chi connectivity index (χ2n) is 5.11. The molecule has 1 aromatic heterocycles. The summed E-state index contributed by atoms with van der Waals surface area (Å²) in [6.45, 7) is 11.2. The van der Waals surface area contributed by atoms with Gasteiger partial charge in [-0.25, -0.2) is 4.79 Å². The molecule has 1 heterocycles. The van der Waals surface area contributed by atoms with Crippen LogP contribution in [0.2, 0.25) is 0 Å². The van der Waals surface area contributed by atoms with E-state index in [4.69, 9.17) is 9.47 Å². The van der Waals surface area contributed by atoms with Crippen molar-refractivity contribution >= 4 is 16.9 Å². The molecular weight excluding hydrogens is 278 g/mol. The fourth-order valence-electron chi connectivity index (χ4n) is 2.68. The number of esters is 1. The summed E-state index contributed by atoms with van der Waals surface area (Å²) in [5.74, 6) is 0.451. The van der Waals surface area contributed by atoms with E-state index in [9.17, 15) is 4.79 Å². The Kier molecular flexibility index (Phi) is 5.26. The quantitative estimate of drug-likeness (QED) is 0.571. The number of hydrogen-bond acceptors (Lipinski definition) is 3. The van der Waals surface area contributed by atoms with Gasteiger partial charge in [-0.1, -0.05) is 19.6 Å². The van der Waals surface area contributed by atoms with Crippen molar-refractivity contribution in [3.63, 3.8) is 0 Å². The Morgan fingerprint density at radius 2 is 2.14 bits per heavy atom. The highest BCUT2D eigenvalue weighted by atomic mass is 16.5. The first-order chi connectivity index (χ1) is 10.6. The molecule has 0 N–H and O–H groups in total. The lowest BCUT2D eigenvalue weighted by molar-refractivity contribution is 0.0527. The summed E-state index contributed by atoms with van der Waals surface area (Å²) in [7, 11) is 0. The van der Waals surface area contributed by atoms with Gasteiger partial charge in [0.15, 0.2) is 0 Å². The molecule has 0 aliphatic carbocycles. The maximum absolute atomic E-state index is 12.3. The number of carbonyl (C=O) groups excluding carboxylic acids is 1. The van der Waals surface area contributed by atoms with Gasteiger partial charge >= 0.3 is 5.97 Å². The molecule has 2 rings (SSSR count). The molecule has 22 heavy (non-hydrogen) atoms. The topological polar surface area (TPSA) is 40.5 Å². The van der Waals surface area contributed by atoms with Crippen molar-refractivity contribution in [3.05, 3.63) is 42.1 Å². The first kappa shape index (κ1) is 16.1. The van der Waals surface area contributed by atoms with Crippen molar-refractivity contribution in [1.82, 2.24) is 4.57 Å². The lowest BCUT2D eigenvalue weighted by Crippen LogP contribution is -2.07. The van der Waals surface area contributed by atoms with Crippen LogP contribution in [0.15, 0.2) is 30.9 Å². The zero-order valence-corrected chi connectivity index (χ0v) is 13.5. The normalized spacial score (nSPS) is 10.7. The summed E-state index contributed by atoms with van der Waals surface area (Å²) in [5, 5.41) is 0.881. The van der Waals surface area contributed by atoms with E-state index in [0.29, 0.717) is 18.8 Å². The first-order valence-corrected chi connectivity index (χ1v) is 7.67. The van der Waals surface area contributed by atoms with E-state index >= 15 is 0 Å². The largest absolute Gasteiger partial charge is 0.490 e. The van der Waals surface area contributed by atoms with E-state index in [1.807, 2.05) is 32.0 Å². The molecule has 4 heteroatoms. The van der Waals surface area contributed by atoms with Crippen LogP contribution in [0, 0.1) is 6.92 Å². The van der Waals surface area contributed by atoms with Gasteiger partial charge in [0.05, 0.1) is 12.2 Å². The molecule has 2 aromatic rings. The Labute approximate surface area is 131 Å². The Hall–Kier alpha value is -2.23. The number of nitrogens with zero attached hydrogens (tertiary/aromatic N) is 1. The zero-order chi connectivity index (χ0) is 16.1. The van der Waals surface area contributed by atoms with Gasteiger partial charge in [0.25, 0.3) is 0 Å². The number of ether oxygens (including phenoxy) is 2. The van der Waals surface area contributed by atoms with E-state index in [1.54, 1.807) is 6.08 Å². The van der Waals surface area contributed by atoms with Gasteiger partial charge in [0.2, 0.25) is 0 Å². The Bertz CT molecular complexity index is 685. The second-order valence-corrected chi connectivity index (χ2v) is 5.11. The maximum Gasteiger partial charge on any atom is 0.340 e. The van der Waals surface area contributed by atoms with Crippen LogP contribution in [0.25, 0.3) is 10.9 Å². The van der Waals surface area contributed by atoms with E-state index in [-0.39, 0.29) is 5.97 Å². The number of aryl methyl sites for hydroxylation is 1. The molecule has 0 saturated heterocycles. The lowest BCUT2D eigenvalue weighted by Gasteiger charge is -2.07. The number of fused-ring (bicyclic) bond motifs is 1. The van der Waals surface area contributed by atoms with Crippen LogP contribution in [0.3, 0.4) is 0 Å². The standard InChI is InChI=1S/C18H23NO3/c1-5-10-19-13(4)17(18(20)21-7-3)15-12-14(22-11-6-2)8-9-16(15)19/h6,8-9,12H,2,5,7,10-11H2,1,3-4H3. The summed E-state index contributed by atoms with van der Waals surface area (Å²) in [6, 6.07) is 5.83. The molecule has 0 amide bonds. The third-order valence-electron chi connectivity index (χ3n) is 3.59. The molecule has 1 aromatic carbocycles. The second kappa shape index (κ2) is 7.16. The minimum Gasteiger partial charge on any atom is -0.490 e. The number of carbonyl (C=O) groups is 1. The summed E-state index contributed by atoms with van der Waals surface area (Å²) >= 11 is 0. The van der Waals surface area contributed by atoms with Crippen LogP contribution in [0.1, 0.15) is 36.3 Å². The number of benzene rings is 1. The third kappa shape index (κ3) is 3.01. The van der Waals surface area contributed by atoms with Crippen molar-refractivity contribution < 1.29 is 14.3 Å². The molecule has 0 aliphatic rings. The van der Waals surface area contributed by atoms with Crippen LogP contribution < -0.4 is 4.74 Å². The van der Waals surface area contributed by atoms with Gasteiger partial charge in [-0.2, -0.15) is 0 Å². The Balaban J connectivity index is 2.60. The molecule has 0 atom stereocenters. The zero-order valence-electron chi connectivity index (χ0n) is 13.5. The maximum atomic E-state index is 12.3. The van der Waals surface area contributed by atoms with Crippen LogP contribution in [-0.4, -0.2) is 23.8 Å². The van der Waals surface area contributed by atoms with Gasteiger partial charge in [-0.15, -0.1) is 0 Å². The number of rotatable bonds is 7. The molecule has 0 bridgehead atoms. The van der Waals surface area contributed by atoms with Crippen molar-refractivity contribution in [2.75, 3.05) is 13.2 Å². The average Bonchev–Trinajstić information content (AvgIpc) is 2.78. The number of aromatic nitrogens is 1. The Morgan fingerprint density at radius 3 is 2.77 bits per heavy atom. The van der Waals surface area contributed by atoms with E-state index < -0.39 is 0 Å². The third-order valence-corrected chi connectivity index (χ3v) is 3.59. The van der Waals surface area contributed by atoms with Crippen LogP contribution >= 0.6 is 0 Å². The first-order valence-electron chi connectivity index (χ1n) is 7.67. The average molecular weight is 301 g/mol. The summed E-state index contributed by atoms with van der Waals surface area (Å²) in [4.78, 5) is 12.3. The molecular formula is C18H23NO3. The smallest absolute Gasteiger partial charge is 0.340 e. The van der Waals surface area contributed by atoms with Crippen LogP contribution in [0.5, 0.6) is 5.75 Å². The molecule has 0 fully saturated rings. The van der Waals surface area contributed by atoms with Gasteiger partial charge in [0.1, 0.15) is 12.4 Å². The highest BCUT2D eigenvalue weighted by molar-refractivity contribution is 6.06. The van der Waals surface area contributed by atoms with E-state index in [1.165, 1.54) is 0 Å². The highest BCUT2D eigenvalue weighted by Crippen LogP contribution is 2.30. The molecule has 0 saturated carbocycles. The van der Waals surface area contributed by atoms with Crippen molar-refractivity contribution in [2.45, 2.75) is 33.7 Å². The molecule has 0 spiro atoms. The summed E-state index contributed by atoms with van der Waals surface area (Å²) < 4.78 is 13.0. The van der Waals surface area contributed by atoms with E-state index in [2.05, 4.69) is 18.1 Å². The lowest BCUT2D eigenvalue weighted by atomic mass is 10.1. The van der Waals surface area contributed by atoms with Crippen molar-refractivity contribution in [1.29, 1.82) is 0 Å². The van der Waals surface area contributed by atoms with Crippen molar-refractivity contribution in [2.24, 2.45) is 0 Å². The molecule has 4 nitrogen and oxygen atoms in total. The Morgan fingerprint density at radius 1 is 1.36 bits per heavy atom. The molecule has 0 aliphatic heterocycles. The summed E-state index contributed by atoms with van der Waals surface area (Å²) in [5.41, 5.74) is 2.61.